The van der Waals surface area contributed by atoms with Gasteiger partial charge in [0.05, 0.1) is 15.1 Å². The summed E-state index contributed by atoms with van der Waals surface area (Å²) in [6, 6.07) is 0. The van der Waals surface area contributed by atoms with Crippen LogP contribution in [-0.2, 0) is 9.53 Å². The van der Waals surface area contributed by atoms with E-state index in [0.29, 0.717) is 6.61 Å². The molecule has 0 aliphatic carbocycles. The molecule has 0 atom stereocenters. The Bertz CT molecular complexity index is 678. The summed E-state index contributed by atoms with van der Waals surface area (Å²) >= 11 is 6.97. The summed E-state index contributed by atoms with van der Waals surface area (Å²) in [4.78, 5) is 17.1. The number of ether oxygens (including phenoxy) is 1. The van der Waals surface area contributed by atoms with Gasteiger partial charge in [0.15, 0.2) is 0 Å². The van der Waals surface area contributed by atoms with E-state index in [0.717, 1.165) is 22.7 Å². The maximum Gasteiger partial charge on any atom is 0.345 e. The Morgan fingerprint density at radius 1 is 0.594 bits per heavy atom. The van der Waals surface area contributed by atoms with Crippen molar-refractivity contribution in [2.75, 3.05) is 6.61 Å². The number of allylic oxidation sites excluding steroid dienone is 3. The largest absolute Gasteiger partial charge is 0.462 e. The minimum Gasteiger partial charge on any atom is -0.462 e. The van der Waals surface area contributed by atoms with Gasteiger partial charge in [0, 0.05) is 4.91 Å². The Balaban J connectivity index is 1.45. The van der Waals surface area contributed by atoms with E-state index in [2.05, 4.69) is 20.8 Å². The number of unbranched alkanes of at least 4 members (excludes halogenated alkanes) is 13. The van der Waals surface area contributed by atoms with Crippen molar-refractivity contribution in [2.45, 2.75) is 118 Å². The SMILES string of the molecule is CCCCCCCCCCCCCCCCOC(=O)C1=C(C)SC(=C2SC(C)=C(C)S2)S1. The van der Waals surface area contributed by atoms with Gasteiger partial charge in [-0.05, 0) is 37.0 Å². The lowest BCUT2D eigenvalue weighted by molar-refractivity contribution is -0.138. The molecule has 0 amide bonds. The first-order valence-corrected chi connectivity index (χ1v) is 15.8. The average molecular weight is 515 g/mol. The zero-order valence-electron chi connectivity index (χ0n) is 20.6. The summed E-state index contributed by atoms with van der Waals surface area (Å²) in [5, 5.41) is 0. The maximum absolute atomic E-state index is 12.5. The van der Waals surface area contributed by atoms with E-state index < -0.39 is 0 Å². The van der Waals surface area contributed by atoms with Crippen LogP contribution in [0.2, 0.25) is 0 Å². The van der Waals surface area contributed by atoms with Crippen LogP contribution in [0.3, 0.4) is 0 Å². The Labute approximate surface area is 214 Å². The number of carbonyl (C=O) groups is 1. The number of hydrogen-bond donors (Lipinski definition) is 0. The molecule has 182 valence electrons. The summed E-state index contributed by atoms with van der Waals surface area (Å²) in [7, 11) is 0. The predicted octanol–water partition coefficient (Wildman–Crippen LogP) is 10.6. The van der Waals surface area contributed by atoms with Crippen LogP contribution in [0.15, 0.2) is 28.1 Å². The average Bonchev–Trinajstić information content (AvgIpc) is 3.32. The van der Waals surface area contributed by atoms with E-state index in [1.54, 1.807) is 23.5 Å². The molecule has 0 aromatic rings. The van der Waals surface area contributed by atoms with E-state index in [1.165, 1.54) is 95.3 Å². The van der Waals surface area contributed by atoms with Gasteiger partial charge in [0.2, 0.25) is 0 Å². The van der Waals surface area contributed by atoms with Crippen LogP contribution in [-0.4, -0.2) is 12.6 Å². The lowest BCUT2D eigenvalue weighted by atomic mass is 10.0. The molecule has 2 aliphatic heterocycles. The fourth-order valence-electron chi connectivity index (χ4n) is 3.69. The van der Waals surface area contributed by atoms with Crippen molar-refractivity contribution in [1.29, 1.82) is 0 Å². The molecule has 2 rings (SSSR count). The van der Waals surface area contributed by atoms with E-state index in [4.69, 9.17) is 4.74 Å². The molecule has 0 unspecified atom stereocenters. The van der Waals surface area contributed by atoms with Gasteiger partial charge in [-0.3, -0.25) is 0 Å². The molecule has 0 fully saturated rings. The Kier molecular flexibility index (Phi) is 14.8. The van der Waals surface area contributed by atoms with Gasteiger partial charge < -0.3 is 4.74 Å². The van der Waals surface area contributed by atoms with Crippen molar-refractivity contribution in [3.05, 3.63) is 28.1 Å². The van der Waals surface area contributed by atoms with Gasteiger partial charge in [-0.1, -0.05) is 137 Å². The second-order valence-electron chi connectivity index (χ2n) is 8.71. The zero-order chi connectivity index (χ0) is 23.2. The molecule has 0 spiro atoms. The molecule has 2 nitrogen and oxygen atoms in total. The molecule has 32 heavy (non-hydrogen) atoms. The van der Waals surface area contributed by atoms with Gasteiger partial charge in [-0.15, -0.1) is 0 Å². The normalized spacial score (nSPS) is 16.6. The van der Waals surface area contributed by atoms with Crippen molar-refractivity contribution in [3.63, 3.8) is 0 Å². The minimum absolute atomic E-state index is 0.139. The number of esters is 1. The quantitative estimate of drug-likeness (QED) is 0.150. The van der Waals surface area contributed by atoms with Gasteiger partial charge in [0.25, 0.3) is 0 Å². The molecular formula is C26H42O2S4. The van der Waals surface area contributed by atoms with Crippen LogP contribution in [0.5, 0.6) is 0 Å². The highest BCUT2D eigenvalue weighted by Crippen LogP contribution is 2.59. The van der Waals surface area contributed by atoms with Crippen LogP contribution in [0.1, 0.15) is 118 Å². The van der Waals surface area contributed by atoms with E-state index in [1.807, 2.05) is 30.4 Å². The predicted molar refractivity (Wildman–Crippen MR) is 150 cm³/mol. The molecule has 0 saturated heterocycles. The van der Waals surface area contributed by atoms with E-state index in [9.17, 15) is 4.79 Å². The van der Waals surface area contributed by atoms with Crippen molar-refractivity contribution in [1.82, 2.24) is 0 Å². The van der Waals surface area contributed by atoms with Crippen LogP contribution < -0.4 is 0 Å². The van der Waals surface area contributed by atoms with Crippen molar-refractivity contribution in [2.24, 2.45) is 0 Å². The molecule has 0 aromatic carbocycles. The van der Waals surface area contributed by atoms with Crippen LogP contribution in [0, 0.1) is 0 Å². The maximum atomic E-state index is 12.5. The lowest BCUT2D eigenvalue weighted by Gasteiger charge is -2.06. The fraction of sp³-hybridized carbons (Fsp3) is 0.731. The first-order chi connectivity index (χ1) is 15.5. The first kappa shape index (κ1) is 28.3. The summed E-state index contributed by atoms with van der Waals surface area (Å²) in [5.74, 6) is -0.139. The molecule has 0 saturated carbocycles. The molecule has 2 aliphatic rings. The monoisotopic (exact) mass is 514 g/mol. The Morgan fingerprint density at radius 2 is 1.00 bits per heavy atom. The molecule has 0 aromatic heterocycles. The first-order valence-electron chi connectivity index (χ1n) is 12.5. The second kappa shape index (κ2) is 16.7. The Hall–Kier alpha value is 0.0900. The molecule has 6 heteroatoms. The molecule has 0 radical (unpaired) electrons. The third-order valence-corrected chi connectivity index (χ3v) is 11.6. The molecular weight excluding hydrogens is 473 g/mol. The standard InChI is InChI=1S/C26H42O2S4/c1-5-6-7-8-9-10-11-12-13-14-15-16-17-18-19-28-24(27)23-22(4)31-26(32-23)25-29-20(2)21(3)30-25/h5-19H2,1-4H3. The smallest absolute Gasteiger partial charge is 0.345 e. The van der Waals surface area contributed by atoms with Crippen LogP contribution in [0.25, 0.3) is 0 Å². The lowest BCUT2D eigenvalue weighted by Crippen LogP contribution is -2.07. The van der Waals surface area contributed by atoms with E-state index >= 15 is 0 Å². The van der Waals surface area contributed by atoms with Crippen molar-refractivity contribution < 1.29 is 9.53 Å². The van der Waals surface area contributed by atoms with Gasteiger partial charge in [-0.2, -0.15) is 0 Å². The summed E-state index contributed by atoms with van der Waals surface area (Å²) in [6.07, 6.45) is 18.7. The summed E-state index contributed by atoms with van der Waals surface area (Å²) in [5.41, 5.74) is 0. The number of hydrogen-bond acceptors (Lipinski definition) is 6. The molecule has 2 heterocycles. The third-order valence-electron chi connectivity index (χ3n) is 5.83. The third kappa shape index (κ3) is 10.6. The van der Waals surface area contributed by atoms with Crippen molar-refractivity contribution in [3.8, 4) is 0 Å². The highest BCUT2D eigenvalue weighted by atomic mass is 32.2. The van der Waals surface area contributed by atoms with Crippen LogP contribution >= 0.6 is 47.0 Å². The molecule has 0 N–H and O–H groups in total. The number of carbonyl (C=O) groups excluding carboxylic acids is 1. The molecule has 0 bridgehead atoms. The second-order valence-corrected chi connectivity index (χ2v) is 13.9. The Morgan fingerprint density at radius 3 is 1.50 bits per heavy atom. The number of rotatable bonds is 16. The van der Waals surface area contributed by atoms with Gasteiger partial charge in [-0.25, -0.2) is 4.79 Å². The van der Waals surface area contributed by atoms with E-state index in [-0.39, 0.29) is 5.97 Å². The summed E-state index contributed by atoms with van der Waals surface area (Å²) < 4.78 is 8.12. The van der Waals surface area contributed by atoms with Gasteiger partial charge >= 0.3 is 5.97 Å². The highest BCUT2D eigenvalue weighted by molar-refractivity contribution is 8.34. The zero-order valence-corrected chi connectivity index (χ0v) is 23.8. The topological polar surface area (TPSA) is 26.3 Å². The highest BCUT2D eigenvalue weighted by Gasteiger charge is 2.29. The minimum atomic E-state index is -0.139. The number of thioether (sulfide) groups is 4. The summed E-state index contributed by atoms with van der Waals surface area (Å²) in [6.45, 7) is 9.19. The van der Waals surface area contributed by atoms with Gasteiger partial charge in [0.1, 0.15) is 4.91 Å². The fourth-order valence-corrected chi connectivity index (χ4v) is 9.00. The van der Waals surface area contributed by atoms with Crippen LogP contribution in [0.4, 0.5) is 0 Å². The van der Waals surface area contributed by atoms with Crippen molar-refractivity contribution >= 4 is 53.0 Å².